The van der Waals surface area contributed by atoms with Crippen molar-refractivity contribution in [3.05, 3.63) is 29.0 Å². The largest absolute Gasteiger partial charge is 0.384 e. The number of rotatable bonds is 1. The Balaban J connectivity index is 2.27. The first-order valence-corrected chi connectivity index (χ1v) is 5.87. The van der Waals surface area contributed by atoms with E-state index in [-0.39, 0.29) is 0 Å². The van der Waals surface area contributed by atoms with Gasteiger partial charge in [-0.2, -0.15) is 10.2 Å². The number of aromatic amines is 1. The van der Waals surface area contributed by atoms with Crippen LogP contribution in [0.3, 0.4) is 0 Å². The molecule has 0 aliphatic heterocycles. The van der Waals surface area contributed by atoms with Crippen molar-refractivity contribution in [1.29, 1.82) is 0 Å². The average Bonchev–Trinajstić information content (AvgIpc) is 2.84. The van der Waals surface area contributed by atoms with Crippen LogP contribution in [-0.4, -0.2) is 20.0 Å². The summed E-state index contributed by atoms with van der Waals surface area (Å²) >= 11 is 3.43. The number of hydrogen-bond acceptors (Lipinski definition) is 3. The quantitative estimate of drug-likeness (QED) is 0.723. The van der Waals surface area contributed by atoms with Crippen molar-refractivity contribution in [2.45, 2.75) is 0 Å². The Morgan fingerprint density at radius 2 is 2.24 bits per heavy atom. The van der Waals surface area contributed by atoms with Crippen molar-refractivity contribution in [2.24, 2.45) is 7.05 Å². The van der Waals surface area contributed by atoms with Crippen LogP contribution in [0.2, 0.25) is 0 Å². The van der Waals surface area contributed by atoms with Crippen LogP contribution in [0, 0.1) is 0 Å². The highest BCUT2D eigenvalue weighted by atomic mass is 79.9. The number of nitrogen functional groups attached to an aromatic ring is 1. The molecule has 0 saturated carbocycles. The molecule has 6 heteroatoms. The molecule has 3 N–H and O–H groups in total. The minimum atomic E-state index is 0.575. The first-order chi connectivity index (χ1) is 8.16. The lowest BCUT2D eigenvalue weighted by Gasteiger charge is -2.00. The van der Waals surface area contributed by atoms with Crippen molar-refractivity contribution in [3.63, 3.8) is 0 Å². The van der Waals surface area contributed by atoms with Crippen LogP contribution in [0.1, 0.15) is 0 Å². The van der Waals surface area contributed by atoms with Crippen molar-refractivity contribution < 1.29 is 0 Å². The molecule has 3 rings (SSSR count). The van der Waals surface area contributed by atoms with Crippen LogP contribution in [0.5, 0.6) is 0 Å². The summed E-state index contributed by atoms with van der Waals surface area (Å²) < 4.78 is 2.68. The van der Waals surface area contributed by atoms with E-state index in [0.717, 1.165) is 26.6 Å². The van der Waals surface area contributed by atoms with E-state index in [2.05, 4.69) is 31.2 Å². The number of benzene rings is 1. The summed E-state index contributed by atoms with van der Waals surface area (Å²) in [6.45, 7) is 0. The lowest BCUT2D eigenvalue weighted by Crippen LogP contribution is -1.90. The minimum Gasteiger partial charge on any atom is -0.384 e. The first-order valence-electron chi connectivity index (χ1n) is 5.08. The summed E-state index contributed by atoms with van der Waals surface area (Å²) in [7, 11) is 1.91. The highest BCUT2D eigenvalue weighted by Gasteiger charge is 2.09. The van der Waals surface area contributed by atoms with Gasteiger partial charge in [0.25, 0.3) is 0 Å². The average molecular weight is 292 g/mol. The summed E-state index contributed by atoms with van der Waals surface area (Å²) in [4.78, 5) is 0. The summed E-state index contributed by atoms with van der Waals surface area (Å²) in [5.74, 6) is 0.575. The molecule has 17 heavy (non-hydrogen) atoms. The molecular formula is C11H10BrN5. The topological polar surface area (TPSA) is 72.5 Å². The minimum absolute atomic E-state index is 0.575. The lowest BCUT2D eigenvalue weighted by molar-refractivity contribution is 0.788. The molecule has 2 aromatic heterocycles. The van der Waals surface area contributed by atoms with Gasteiger partial charge in [-0.25, -0.2) is 0 Å². The van der Waals surface area contributed by atoms with Crippen LogP contribution in [0.15, 0.2) is 29.0 Å². The predicted octanol–water partition coefficient (Wildman–Crippen LogP) is 2.31. The monoisotopic (exact) mass is 291 g/mol. The fraction of sp³-hybridized carbons (Fsp3) is 0.0909. The molecule has 0 unspecified atom stereocenters. The second kappa shape index (κ2) is 3.59. The zero-order valence-corrected chi connectivity index (χ0v) is 10.7. The molecule has 1 aromatic carbocycles. The second-order valence-corrected chi connectivity index (χ2v) is 4.59. The highest BCUT2D eigenvalue weighted by Crippen LogP contribution is 2.29. The van der Waals surface area contributed by atoms with Gasteiger partial charge in [0.2, 0.25) is 0 Å². The number of H-pyrrole nitrogens is 1. The number of anilines is 1. The van der Waals surface area contributed by atoms with E-state index >= 15 is 0 Å². The van der Waals surface area contributed by atoms with E-state index in [4.69, 9.17) is 5.73 Å². The van der Waals surface area contributed by atoms with Crippen LogP contribution in [0.4, 0.5) is 5.82 Å². The molecule has 0 aliphatic carbocycles. The number of nitrogens with zero attached hydrogens (tertiary/aromatic N) is 3. The molecule has 0 saturated heterocycles. The molecule has 0 atom stereocenters. The fourth-order valence-corrected chi connectivity index (χ4v) is 2.48. The van der Waals surface area contributed by atoms with Gasteiger partial charge in [-0.05, 0) is 33.6 Å². The van der Waals surface area contributed by atoms with Crippen molar-refractivity contribution in [1.82, 2.24) is 20.0 Å². The molecule has 86 valence electrons. The number of nitrogens with two attached hydrogens (primary N) is 1. The third-order valence-electron chi connectivity index (χ3n) is 2.79. The van der Waals surface area contributed by atoms with E-state index in [0.29, 0.717) is 5.82 Å². The van der Waals surface area contributed by atoms with E-state index in [1.807, 2.05) is 29.9 Å². The number of nitrogens with one attached hydrogen (secondary N) is 1. The maximum Gasteiger partial charge on any atom is 0.135 e. The molecule has 5 nitrogen and oxygen atoms in total. The Morgan fingerprint density at radius 1 is 1.41 bits per heavy atom. The normalized spacial score (nSPS) is 11.2. The Hall–Kier alpha value is -1.82. The summed E-state index contributed by atoms with van der Waals surface area (Å²) in [6.07, 6.45) is 1.72. The van der Waals surface area contributed by atoms with Gasteiger partial charge >= 0.3 is 0 Å². The Morgan fingerprint density at radius 3 is 2.94 bits per heavy atom. The number of hydrogen-bond donors (Lipinski definition) is 2. The van der Waals surface area contributed by atoms with Crippen molar-refractivity contribution >= 4 is 32.7 Å². The highest BCUT2D eigenvalue weighted by molar-refractivity contribution is 9.10. The van der Waals surface area contributed by atoms with Crippen LogP contribution < -0.4 is 5.73 Å². The maximum atomic E-state index is 5.81. The van der Waals surface area contributed by atoms with Gasteiger partial charge < -0.3 is 5.73 Å². The molecular weight excluding hydrogens is 282 g/mol. The Kier molecular flexibility index (Phi) is 2.19. The molecule has 2 heterocycles. The van der Waals surface area contributed by atoms with E-state index < -0.39 is 0 Å². The SMILES string of the molecule is Cn1nc(Br)c2ccc(-c3cn[nH]c3N)cc21. The van der Waals surface area contributed by atoms with Gasteiger partial charge in [-0.1, -0.05) is 6.07 Å². The van der Waals surface area contributed by atoms with Gasteiger partial charge in [0.15, 0.2) is 0 Å². The van der Waals surface area contributed by atoms with Crippen molar-refractivity contribution in [2.75, 3.05) is 5.73 Å². The lowest BCUT2D eigenvalue weighted by atomic mass is 10.1. The van der Waals surface area contributed by atoms with Gasteiger partial charge in [0.05, 0.1) is 11.7 Å². The maximum absolute atomic E-state index is 5.81. The number of aryl methyl sites for hydroxylation is 1. The van der Waals surface area contributed by atoms with Crippen LogP contribution in [-0.2, 0) is 7.05 Å². The molecule has 0 aliphatic rings. The number of aromatic nitrogens is 4. The Bertz CT molecular complexity index is 697. The molecule has 0 fully saturated rings. The van der Waals surface area contributed by atoms with E-state index in [1.54, 1.807) is 6.20 Å². The van der Waals surface area contributed by atoms with Gasteiger partial charge in [-0.15, -0.1) is 0 Å². The van der Waals surface area contributed by atoms with E-state index in [9.17, 15) is 0 Å². The van der Waals surface area contributed by atoms with Gasteiger partial charge in [-0.3, -0.25) is 9.78 Å². The molecule has 3 aromatic rings. The number of halogens is 1. The Labute approximate surface area is 106 Å². The molecule has 0 spiro atoms. The zero-order chi connectivity index (χ0) is 12.0. The van der Waals surface area contributed by atoms with Crippen LogP contribution in [0.25, 0.3) is 22.0 Å². The third-order valence-corrected chi connectivity index (χ3v) is 3.37. The molecule has 0 bridgehead atoms. The summed E-state index contributed by atoms with van der Waals surface area (Å²) in [6, 6.07) is 6.08. The fourth-order valence-electron chi connectivity index (χ4n) is 1.91. The van der Waals surface area contributed by atoms with Crippen LogP contribution >= 0.6 is 15.9 Å². The molecule has 0 amide bonds. The molecule has 0 radical (unpaired) electrons. The van der Waals surface area contributed by atoms with Crippen molar-refractivity contribution in [3.8, 4) is 11.1 Å². The third kappa shape index (κ3) is 1.52. The zero-order valence-electron chi connectivity index (χ0n) is 9.11. The summed E-state index contributed by atoms with van der Waals surface area (Å²) in [5.41, 5.74) is 8.79. The van der Waals surface area contributed by atoms with Gasteiger partial charge in [0, 0.05) is 18.0 Å². The number of fused-ring (bicyclic) bond motifs is 1. The predicted molar refractivity (Wildman–Crippen MR) is 70.4 cm³/mol. The summed E-state index contributed by atoms with van der Waals surface area (Å²) in [5, 5.41) is 12.1. The smallest absolute Gasteiger partial charge is 0.135 e. The standard InChI is InChI=1S/C11H10BrN5/c1-17-9-4-6(8-5-14-15-11(8)13)2-3-7(9)10(12)16-17/h2-5H,1H3,(H3,13,14,15). The first kappa shape index (κ1) is 10.3. The van der Waals surface area contributed by atoms with Gasteiger partial charge in [0.1, 0.15) is 10.4 Å². The second-order valence-electron chi connectivity index (χ2n) is 3.84. The van der Waals surface area contributed by atoms with E-state index in [1.165, 1.54) is 0 Å².